The summed E-state index contributed by atoms with van der Waals surface area (Å²) < 4.78 is 0. The van der Waals surface area contributed by atoms with Gasteiger partial charge in [-0.2, -0.15) is 5.26 Å². The van der Waals surface area contributed by atoms with Gasteiger partial charge in [-0.25, -0.2) is 15.0 Å². The molecule has 4 heteroatoms. The molecule has 9 aromatic carbocycles. The number of benzene rings is 9. The van der Waals surface area contributed by atoms with E-state index in [-0.39, 0.29) is 0 Å². The van der Waals surface area contributed by atoms with Crippen LogP contribution in [0.15, 0.2) is 182 Å². The third kappa shape index (κ3) is 5.03. The van der Waals surface area contributed by atoms with Gasteiger partial charge in [-0.05, 0) is 101 Å². The molecule has 1 aromatic heterocycles. The molecule has 0 bridgehead atoms. The van der Waals surface area contributed by atoms with Gasteiger partial charge < -0.3 is 0 Å². The van der Waals surface area contributed by atoms with Gasteiger partial charge in [0.25, 0.3) is 0 Å². The van der Waals surface area contributed by atoms with Crippen LogP contribution in [0.25, 0.3) is 111 Å². The van der Waals surface area contributed by atoms with E-state index in [2.05, 4.69) is 109 Å². The van der Waals surface area contributed by atoms with E-state index in [9.17, 15) is 5.26 Å². The van der Waals surface area contributed by atoms with Crippen LogP contribution in [0.1, 0.15) is 5.56 Å². The zero-order chi connectivity index (χ0) is 37.2. The second kappa shape index (κ2) is 12.7. The van der Waals surface area contributed by atoms with Gasteiger partial charge in [0, 0.05) is 16.7 Å². The molecule has 0 unspecified atom stereocenters. The monoisotopic (exact) mass is 710 g/mol. The van der Waals surface area contributed by atoms with Crippen molar-refractivity contribution < 1.29 is 0 Å². The van der Waals surface area contributed by atoms with Gasteiger partial charge >= 0.3 is 0 Å². The molecule has 10 aromatic rings. The molecule has 0 aliphatic heterocycles. The van der Waals surface area contributed by atoms with Crippen LogP contribution < -0.4 is 0 Å². The van der Waals surface area contributed by atoms with E-state index in [0.29, 0.717) is 23.0 Å². The summed E-state index contributed by atoms with van der Waals surface area (Å²) in [5.41, 5.74) is 13.1. The molecule has 0 spiro atoms. The van der Waals surface area contributed by atoms with Gasteiger partial charge in [-0.3, -0.25) is 0 Å². The standard InChI is InChI=1S/C52H30N4/c53-31-32-19-20-33-21-22-36(30-37(33)29-32)38-23-25-44-40-16-8-9-17-41(40)45-26-27-46(48(38)49(44)45)43-24-28-47(42-18-10-7-15-39(42)43)52-55-50(34-11-3-1-4-12-34)54-51(56-52)35-13-5-2-6-14-35/h1-30H. The lowest BCUT2D eigenvalue weighted by Gasteiger charge is -2.18. The van der Waals surface area contributed by atoms with Gasteiger partial charge in [-0.15, -0.1) is 0 Å². The van der Waals surface area contributed by atoms with Crippen molar-refractivity contribution in [1.82, 2.24) is 15.0 Å². The van der Waals surface area contributed by atoms with Crippen molar-refractivity contribution in [2.75, 3.05) is 0 Å². The summed E-state index contributed by atoms with van der Waals surface area (Å²) in [6.45, 7) is 0. The van der Waals surface area contributed by atoms with E-state index in [0.717, 1.165) is 60.5 Å². The molecule has 11 rings (SSSR count). The van der Waals surface area contributed by atoms with Gasteiger partial charge in [0.15, 0.2) is 17.5 Å². The van der Waals surface area contributed by atoms with Crippen molar-refractivity contribution in [2.24, 2.45) is 0 Å². The average molecular weight is 711 g/mol. The number of hydrogen-bond donors (Lipinski definition) is 0. The lowest BCUT2D eigenvalue weighted by atomic mass is 9.86. The van der Waals surface area contributed by atoms with Crippen LogP contribution in [0, 0.1) is 11.3 Å². The minimum atomic E-state index is 0.630. The van der Waals surface area contributed by atoms with Crippen molar-refractivity contribution in [2.45, 2.75) is 0 Å². The number of rotatable bonds is 5. The molecule has 0 amide bonds. The quantitative estimate of drug-likeness (QED) is 0.178. The molecule has 0 fully saturated rings. The summed E-state index contributed by atoms with van der Waals surface area (Å²) in [7, 11) is 0. The van der Waals surface area contributed by atoms with E-state index in [1.807, 2.05) is 78.9 Å². The predicted molar refractivity (Wildman–Crippen MR) is 229 cm³/mol. The van der Waals surface area contributed by atoms with Crippen LogP contribution in [-0.4, -0.2) is 15.0 Å². The van der Waals surface area contributed by atoms with Crippen LogP contribution in [0.5, 0.6) is 0 Å². The molecule has 1 heterocycles. The molecule has 0 atom stereocenters. The maximum atomic E-state index is 9.69. The van der Waals surface area contributed by atoms with E-state index in [1.54, 1.807) is 0 Å². The fourth-order valence-corrected chi connectivity index (χ4v) is 8.50. The summed E-state index contributed by atoms with van der Waals surface area (Å²) in [6.07, 6.45) is 0. The van der Waals surface area contributed by atoms with Gasteiger partial charge in [0.05, 0.1) is 11.6 Å². The Morgan fingerprint density at radius 2 is 0.804 bits per heavy atom. The van der Waals surface area contributed by atoms with Gasteiger partial charge in [0.2, 0.25) is 0 Å². The molecule has 258 valence electrons. The first-order chi connectivity index (χ1) is 27.7. The van der Waals surface area contributed by atoms with Gasteiger partial charge in [-0.1, -0.05) is 158 Å². The van der Waals surface area contributed by atoms with Crippen molar-refractivity contribution in [3.63, 3.8) is 0 Å². The van der Waals surface area contributed by atoms with Crippen LogP contribution >= 0.6 is 0 Å². The number of fused-ring (bicyclic) bond motifs is 5. The highest BCUT2D eigenvalue weighted by Crippen LogP contribution is 2.52. The Morgan fingerprint density at radius 3 is 1.45 bits per heavy atom. The molecule has 1 aliphatic rings. The minimum Gasteiger partial charge on any atom is -0.208 e. The molecule has 0 radical (unpaired) electrons. The van der Waals surface area contributed by atoms with Crippen molar-refractivity contribution in [3.05, 3.63) is 188 Å². The smallest absolute Gasteiger partial charge is 0.164 e. The summed E-state index contributed by atoms with van der Waals surface area (Å²) in [6, 6.07) is 65.9. The number of aromatic nitrogens is 3. The molecule has 1 aliphatic carbocycles. The van der Waals surface area contributed by atoms with Crippen LogP contribution in [0.3, 0.4) is 0 Å². The van der Waals surface area contributed by atoms with E-state index in [1.165, 1.54) is 33.0 Å². The highest BCUT2D eigenvalue weighted by molar-refractivity contribution is 6.24. The zero-order valence-corrected chi connectivity index (χ0v) is 30.1. The summed E-state index contributed by atoms with van der Waals surface area (Å²) in [5.74, 6) is 1.90. The van der Waals surface area contributed by atoms with E-state index in [4.69, 9.17) is 15.0 Å². The molecule has 0 saturated heterocycles. The van der Waals surface area contributed by atoms with E-state index >= 15 is 0 Å². The lowest BCUT2D eigenvalue weighted by molar-refractivity contribution is 1.08. The summed E-state index contributed by atoms with van der Waals surface area (Å²) in [5, 5.41) is 16.5. The van der Waals surface area contributed by atoms with Crippen LogP contribution in [0.2, 0.25) is 0 Å². The van der Waals surface area contributed by atoms with Crippen LogP contribution in [0.4, 0.5) is 0 Å². The maximum absolute atomic E-state index is 9.69. The molecular formula is C52H30N4. The normalized spacial score (nSPS) is 11.6. The summed E-state index contributed by atoms with van der Waals surface area (Å²) in [4.78, 5) is 15.2. The molecule has 56 heavy (non-hydrogen) atoms. The van der Waals surface area contributed by atoms with Gasteiger partial charge in [0.1, 0.15) is 0 Å². The first-order valence-corrected chi connectivity index (χ1v) is 18.7. The second-order valence-corrected chi connectivity index (χ2v) is 14.3. The highest BCUT2D eigenvalue weighted by atomic mass is 15.0. The number of hydrogen-bond acceptors (Lipinski definition) is 4. The topological polar surface area (TPSA) is 62.5 Å². The third-order valence-corrected chi connectivity index (χ3v) is 11.1. The van der Waals surface area contributed by atoms with Crippen molar-refractivity contribution in [1.29, 1.82) is 5.26 Å². The van der Waals surface area contributed by atoms with Crippen LogP contribution in [-0.2, 0) is 0 Å². The maximum Gasteiger partial charge on any atom is 0.164 e. The van der Waals surface area contributed by atoms with Crippen molar-refractivity contribution >= 4 is 32.3 Å². The molecule has 0 saturated carbocycles. The first-order valence-electron chi connectivity index (χ1n) is 18.7. The lowest BCUT2D eigenvalue weighted by Crippen LogP contribution is -2.00. The highest BCUT2D eigenvalue weighted by Gasteiger charge is 2.26. The zero-order valence-electron chi connectivity index (χ0n) is 30.1. The third-order valence-electron chi connectivity index (χ3n) is 11.1. The largest absolute Gasteiger partial charge is 0.208 e. The molecule has 4 nitrogen and oxygen atoms in total. The fraction of sp³-hybridized carbons (Fsp3) is 0. The number of nitrogens with zero attached hydrogens (tertiary/aromatic N) is 4. The Hall–Kier alpha value is -7.74. The Labute approximate surface area is 323 Å². The Balaban J connectivity index is 1.17. The van der Waals surface area contributed by atoms with Crippen molar-refractivity contribution in [3.8, 4) is 84.7 Å². The number of nitriles is 1. The van der Waals surface area contributed by atoms with E-state index < -0.39 is 0 Å². The average Bonchev–Trinajstić information content (AvgIpc) is 3.60. The molecular weight excluding hydrogens is 681 g/mol. The first kappa shape index (κ1) is 31.8. The summed E-state index contributed by atoms with van der Waals surface area (Å²) >= 11 is 0. The second-order valence-electron chi connectivity index (χ2n) is 14.3. The Bertz CT molecular complexity index is 3170. The Kier molecular flexibility index (Phi) is 7.20. The minimum absolute atomic E-state index is 0.630. The predicted octanol–water partition coefficient (Wildman–Crippen LogP) is 13.2. The molecule has 0 N–H and O–H groups in total. The fourth-order valence-electron chi connectivity index (χ4n) is 8.50. The Morgan fingerprint density at radius 1 is 0.321 bits per heavy atom. The SMILES string of the molecule is N#Cc1ccc2ccc(-c3ccc4c5c(ccc(-c6ccc(-c7nc(-c8ccccc8)nc(-c8ccccc8)n7)c7ccccc67)c35)-c3ccccc3-4)cc2c1.